The van der Waals surface area contributed by atoms with Crippen LogP contribution in [0.3, 0.4) is 0 Å². The molecule has 0 aliphatic heterocycles. The first-order valence-electron chi connectivity index (χ1n) is 6.70. The summed E-state index contributed by atoms with van der Waals surface area (Å²) >= 11 is 1.65. The van der Waals surface area contributed by atoms with Gasteiger partial charge in [-0.15, -0.1) is 36.2 Å². The normalized spacial score (nSPS) is 24.6. The first-order valence-corrected chi connectivity index (χ1v) is 7.58. The fraction of sp³-hybridized carbons (Fsp3) is 0.692. The van der Waals surface area contributed by atoms with Gasteiger partial charge in [0.15, 0.2) is 0 Å². The highest BCUT2D eigenvalue weighted by Crippen LogP contribution is 2.40. The largest absolute Gasteiger partial charge is 0.349 e. The number of nitrogens with two attached hydrogens (primary N) is 1. The van der Waals surface area contributed by atoms with Crippen molar-refractivity contribution < 1.29 is 4.79 Å². The van der Waals surface area contributed by atoms with E-state index in [2.05, 4.69) is 15.7 Å². The number of amides is 1. The van der Waals surface area contributed by atoms with E-state index in [9.17, 15) is 4.79 Å². The van der Waals surface area contributed by atoms with Crippen molar-refractivity contribution in [3.63, 3.8) is 0 Å². The highest BCUT2D eigenvalue weighted by molar-refractivity contribution is 7.09. The molecule has 1 amide bonds. The number of carbonyl (C=O) groups excluding carboxylic acids is 1. The van der Waals surface area contributed by atoms with Gasteiger partial charge in [0.2, 0.25) is 5.91 Å². The summed E-state index contributed by atoms with van der Waals surface area (Å²) in [6.07, 6.45) is 5.28. The van der Waals surface area contributed by atoms with Gasteiger partial charge in [0.05, 0.1) is 12.2 Å². The van der Waals surface area contributed by atoms with E-state index in [0.717, 1.165) is 24.3 Å². The lowest BCUT2D eigenvalue weighted by atomic mass is 10.1. The molecule has 3 rings (SSSR count). The number of hydrogen-bond acceptors (Lipinski definition) is 4. The van der Waals surface area contributed by atoms with Crippen molar-refractivity contribution in [1.29, 1.82) is 0 Å². The molecular formula is C13H21Cl2N3OS. The SMILES string of the molecule is Cl.Cl.NC1CCC(C(=O)NCc2nc(C3CC3)cs2)C1. The highest BCUT2D eigenvalue weighted by atomic mass is 35.5. The molecule has 2 fully saturated rings. The van der Waals surface area contributed by atoms with E-state index >= 15 is 0 Å². The molecule has 2 unspecified atom stereocenters. The highest BCUT2D eigenvalue weighted by Gasteiger charge is 2.28. The molecule has 0 radical (unpaired) electrons. The monoisotopic (exact) mass is 337 g/mol. The third-order valence-corrected chi connectivity index (χ3v) is 4.69. The Morgan fingerprint density at radius 3 is 2.70 bits per heavy atom. The van der Waals surface area contributed by atoms with Crippen LogP contribution in [0.4, 0.5) is 0 Å². The molecule has 2 saturated carbocycles. The van der Waals surface area contributed by atoms with Gasteiger partial charge in [-0.25, -0.2) is 4.98 Å². The van der Waals surface area contributed by atoms with Gasteiger partial charge in [-0.3, -0.25) is 4.79 Å². The quantitative estimate of drug-likeness (QED) is 0.887. The summed E-state index contributed by atoms with van der Waals surface area (Å²) in [4.78, 5) is 16.5. The standard InChI is InChI=1S/C13H19N3OS.2ClH/c14-10-4-3-9(5-10)13(17)15-6-12-16-11(7-18-12)8-1-2-8;;/h7-10H,1-6,14H2,(H,15,17);2*1H. The van der Waals surface area contributed by atoms with Crippen molar-refractivity contribution in [1.82, 2.24) is 10.3 Å². The number of carbonyl (C=O) groups is 1. The molecule has 0 bridgehead atoms. The Kier molecular flexibility index (Phi) is 6.72. The molecule has 0 aromatic carbocycles. The van der Waals surface area contributed by atoms with Gasteiger partial charge in [0, 0.05) is 23.3 Å². The van der Waals surface area contributed by atoms with Crippen LogP contribution in [0.1, 0.15) is 48.7 Å². The van der Waals surface area contributed by atoms with Crippen LogP contribution < -0.4 is 11.1 Å². The maximum Gasteiger partial charge on any atom is 0.223 e. The minimum atomic E-state index is 0. The zero-order chi connectivity index (χ0) is 12.5. The van der Waals surface area contributed by atoms with Crippen LogP contribution in [-0.2, 0) is 11.3 Å². The fourth-order valence-corrected chi connectivity index (χ4v) is 3.35. The first-order chi connectivity index (χ1) is 8.72. The summed E-state index contributed by atoms with van der Waals surface area (Å²) in [5.74, 6) is 0.951. The number of halogens is 2. The van der Waals surface area contributed by atoms with Gasteiger partial charge in [-0.1, -0.05) is 0 Å². The minimum absolute atomic E-state index is 0. The average Bonchev–Trinajstić information content (AvgIpc) is 2.95. The van der Waals surface area contributed by atoms with Gasteiger partial charge in [-0.2, -0.15) is 0 Å². The molecular weight excluding hydrogens is 317 g/mol. The molecule has 2 atom stereocenters. The van der Waals surface area contributed by atoms with Gasteiger partial charge < -0.3 is 11.1 Å². The van der Waals surface area contributed by atoms with Gasteiger partial charge >= 0.3 is 0 Å². The Labute approximate surface area is 135 Å². The number of hydrogen-bond donors (Lipinski definition) is 2. The van der Waals surface area contributed by atoms with Crippen LogP contribution in [0.15, 0.2) is 5.38 Å². The number of thiazole rings is 1. The van der Waals surface area contributed by atoms with Crippen molar-refractivity contribution in [2.24, 2.45) is 11.7 Å². The summed E-state index contributed by atoms with van der Waals surface area (Å²) in [5.41, 5.74) is 7.04. The van der Waals surface area contributed by atoms with E-state index in [0.29, 0.717) is 12.5 Å². The Morgan fingerprint density at radius 1 is 1.35 bits per heavy atom. The predicted molar refractivity (Wildman–Crippen MR) is 85.7 cm³/mol. The number of rotatable bonds is 4. The molecule has 20 heavy (non-hydrogen) atoms. The summed E-state index contributed by atoms with van der Waals surface area (Å²) in [6, 6.07) is 0.210. The summed E-state index contributed by atoms with van der Waals surface area (Å²) in [7, 11) is 0. The number of nitrogens with zero attached hydrogens (tertiary/aromatic N) is 1. The molecule has 1 aromatic rings. The van der Waals surface area contributed by atoms with Crippen LogP contribution in [0.2, 0.25) is 0 Å². The van der Waals surface area contributed by atoms with E-state index in [1.54, 1.807) is 11.3 Å². The Hall–Kier alpha value is -0.360. The minimum Gasteiger partial charge on any atom is -0.349 e. The van der Waals surface area contributed by atoms with Crippen LogP contribution in [0.25, 0.3) is 0 Å². The number of aromatic nitrogens is 1. The molecule has 7 heteroatoms. The van der Waals surface area contributed by atoms with Crippen molar-refractivity contribution in [3.8, 4) is 0 Å². The van der Waals surface area contributed by atoms with E-state index in [-0.39, 0.29) is 42.7 Å². The summed E-state index contributed by atoms with van der Waals surface area (Å²) < 4.78 is 0. The molecule has 2 aliphatic rings. The van der Waals surface area contributed by atoms with E-state index in [4.69, 9.17) is 5.73 Å². The Balaban J connectivity index is 0.000001000. The lowest BCUT2D eigenvalue weighted by Crippen LogP contribution is -2.29. The van der Waals surface area contributed by atoms with E-state index in [1.807, 2.05) is 0 Å². The van der Waals surface area contributed by atoms with Crippen molar-refractivity contribution in [2.45, 2.75) is 50.6 Å². The van der Waals surface area contributed by atoms with Crippen LogP contribution in [-0.4, -0.2) is 16.9 Å². The average molecular weight is 338 g/mol. The molecule has 114 valence electrons. The lowest BCUT2D eigenvalue weighted by molar-refractivity contribution is -0.125. The van der Waals surface area contributed by atoms with Crippen LogP contribution in [0.5, 0.6) is 0 Å². The van der Waals surface area contributed by atoms with Crippen molar-refractivity contribution in [3.05, 3.63) is 16.1 Å². The van der Waals surface area contributed by atoms with Crippen molar-refractivity contribution in [2.75, 3.05) is 0 Å². The molecule has 2 aliphatic carbocycles. The third-order valence-electron chi connectivity index (χ3n) is 3.82. The predicted octanol–water partition coefficient (Wildman–Crippen LogP) is 2.61. The third kappa shape index (κ3) is 4.32. The van der Waals surface area contributed by atoms with E-state index in [1.165, 1.54) is 18.5 Å². The van der Waals surface area contributed by atoms with Gasteiger partial charge in [-0.05, 0) is 32.1 Å². The smallest absolute Gasteiger partial charge is 0.223 e. The van der Waals surface area contributed by atoms with E-state index < -0.39 is 0 Å². The molecule has 0 saturated heterocycles. The van der Waals surface area contributed by atoms with Crippen molar-refractivity contribution >= 4 is 42.1 Å². The molecule has 0 spiro atoms. The second-order valence-corrected chi connectivity index (χ2v) is 6.37. The van der Waals surface area contributed by atoms with Crippen LogP contribution in [0, 0.1) is 5.92 Å². The Morgan fingerprint density at radius 2 is 2.10 bits per heavy atom. The zero-order valence-corrected chi connectivity index (χ0v) is 13.7. The molecule has 1 aromatic heterocycles. The Bertz CT molecular complexity index is 451. The maximum atomic E-state index is 11.9. The molecule has 1 heterocycles. The second-order valence-electron chi connectivity index (χ2n) is 5.43. The fourth-order valence-electron chi connectivity index (χ4n) is 2.53. The molecule has 3 N–H and O–H groups in total. The topological polar surface area (TPSA) is 68.0 Å². The second kappa shape index (κ2) is 7.59. The number of nitrogens with one attached hydrogen (secondary N) is 1. The maximum absolute atomic E-state index is 11.9. The summed E-state index contributed by atoms with van der Waals surface area (Å²) in [6.45, 7) is 0.571. The molecule has 4 nitrogen and oxygen atoms in total. The first kappa shape index (κ1) is 17.7. The van der Waals surface area contributed by atoms with Crippen LogP contribution >= 0.6 is 36.2 Å². The van der Waals surface area contributed by atoms with Gasteiger partial charge in [0.25, 0.3) is 0 Å². The lowest BCUT2D eigenvalue weighted by Gasteiger charge is -2.09. The summed E-state index contributed by atoms with van der Waals surface area (Å²) in [5, 5.41) is 6.14. The zero-order valence-electron chi connectivity index (χ0n) is 11.2. The van der Waals surface area contributed by atoms with Gasteiger partial charge in [0.1, 0.15) is 5.01 Å².